The minimum atomic E-state index is -4.39. The number of sulfonamides is 1. The van der Waals surface area contributed by atoms with Gasteiger partial charge in [0, 0.05) is 12.4 Å². The van der Waals surface area contributed by atoms with E-state index in [4.69, 9.17) is 11.6 Å². The monoisotopic (exact) mass is 269 g/mol. The highest BCUT2D eigenvalue weighted by Crippen LogP contribution is 2.13. The molecule has 0 bridgehead atoms. The van der Waals surface area contributed by atoms with E-state index in [1.807, 2.05) is 4.72 Å². The molecule has 0 rings (SSSR count). The number of hydrogen-bond acceptors (Lipinski definition) is 3. The lowest BCUT2D eigenvalue weighted by Gasteiger charge is -2.08. The summed E-state index contributed by atoms with van der Waals surface area (Å²) in [7, 11) is -3.49. The van der Waals surface area contributed by atoms with Crippen molar-refractivity contribution in [3.05, 3.63) is 0 Å². The Morgan fingerprint density at radius 2 is 1.93 bits per heavy atom. The lowest BCUT2D eigenvalue weighted by molar-refractivity contribution is -0.173. The van der Waals surface area contributed by atoms with Crippen LogP contribution in [0.1, 0.15) is 0 Å². The van der Waals surface area contributed by atoms with Gasteiger partial charge in [-0.15, -0.1) is 11.6 Å². The molecule has 4 nitrogen and oxygen atoms in total. The van der Waals surface area contributed by atoms with Crippen molar-refractivity contribution in [2.75, 3.05) is 31.4 Å². The summed E-state index contributed by atoms with van der Waals surface area (Å²) < 4.78 is 62.7. The molecule has 0 aliphatic carbocycles. The molecule has 1 N–H and O–H groups in total. The van der Waals surface area contributed by atoms with E-state index in [1.165, 1.54) is 0 Å². The van der Waals surface area contributed by atoms with E-state index < -0.39 is 22.8 Å². The van der Waals surface area contributed by atoms with Crippen LogP contribution in [0.15, 0.2) is 0 Å². The van der Waals surface area contributed by atoms with Gasteiger partial charge in [0.15, 0.2) is 0 Å². The molecule has 0 aliphatic heterocycles. The smallest absolute Gasteiger partial charge is 0.371 e. The zero-order valence-electron chi connectivity index (χ0n) is 7.68. The summed E-state index contributed by atoms with van der Waals surface area (Å²) in [6.07, 6.45) is -4.39. The lowest BCUT2D eigenvalue weighted by atomic mass is 10.7. The van der Waals surface area contributed by atoms with Crippen molar-refractivity contribution in [2.24, 2.45) is 0 Å². The normalized spacial score (nSPS) is 13.1. The van der Waals surface area contributed by atoms with Gasteiger partial charge in [0.1, 0.15) is 6.61 Å². The van der Waals surface area contributed by atoms with Gasteiger partial charge in [0.05, 0.1) is 12.4 Å². The van der Waals surface area contributed by atoms with Gasteiger partial charge in [0.25, 0.3) is 0 Å². The van der Waals surface area contributed by atoms with Crippen molar-refractivity contribution in [3.8, 4) is 0 Å². The highest BCUT2D eigenvalue weighted by atomic mass is 35.5. The number of ether oxygens (including phenoxy) is 1. The third kappa shape index (κ3) is 10.2. The molecule has 0 spiro atoms. The fraction of sp³-hybridized carbons (Fsp3) is 1.00. The molecule has 0 fully saturated rings. The van der Waals surface area contributed by atoms with Crippen LogP contribution in [0.25, 0.3) is 0 Å². The van der Waals surface area contributed by atoms with Crippen LogP contribution in [-0.4, -0.2) is 46.0 Å². The molecule has 0 radical (unpaired) electrons. The largest absolute Gasteiger partial charge is 0.411 e. The van der Waals surface area contributed by atoms with Crippen molar-refractivity contribution in [2.45, 2.75) is 6.18 Å². The predicted octanol–water partition coefficient (Wildman–Crippen LogP) is 0.723. The van der Waals surface area contributed by atoms with Gasteiger partial charge in [-0.2, -0.15) is 13.2 Å². The highest BCUT2D eigenvalue weighted by Gasteiger charge is 2.27. The van der Waals surface area contributed by atoms with Crippen LogP contribution in [0, 0.1) is 0 Å². The van der Waals surface area contributed by atoms with Crippen LogP contribution in [0.5, 0.6) is 0 Å². The summed E-state index contributed by atoms with van der Waals surface area (Å²) in [4.78, 5) is 0. The standard InChI is InChI=1S/C6H11ClF3NO3S/c7-1-4-15(12,13)11-2-3-14-5-6(8,9)10/h11H,1-5H2. The first-order chi connectivity index (χ1) is 6.77. The molecule has 9 heteroatoms. The third-order valence-corrected chi connectivity index (χ3v) is 2.98. The second kappa shape index (κ2) is 6.51. The van der Waals surface area contributed by atoms with E-state index in [0.717, 1.165) is 0 Å². The lowest BCUT2D eigenvalue weighted by Crippen LogP contribution is -2.31. The molecule has 0 heterocycles. The summed E-state index contributed by atoms with van der Waals surface area (Å²) in [6, 6.07) is 0. The van der Waals surface area contributed by atoms with E-state index in [2.05, 4.69) is 4.74 Å². The average molecular weight is 270 g/mol. The quantitative estimate of drug-likeness (QED) is 0.547. The average Bonchev–Trinajstić information content (AvgIpc) is 2.00. The Labute approximate surface area is 90.8 Å². The van der Waals surface area contributed by atoms with Gasteiger partial charge < -0.3 is 4.74 Å². The minimum Gasteiger partial charge on any atom is -0.371 e. The fourth-order valence-corrected chi connectivity index (χ4v) is 1.98. The molecule has 15 heavy (non-hydrogen) atoms. The third-order valence-electron chi connectivity index (χ3n) is 1.18. The predicted molar refractivity (Wildman–Crippen MR) is 49.4 cm³/mol. The SMILES string of the molecule is O=S(=O)(CCCl)NCCOCC(F)(F)F. The first kappa shape index (κ1) is 14.9. The Morgan fingerprint density at radius 3 is 2.40 bits per heavy atom. The maximum absolute atomic E-state index is 11.6. The zero-order chi connectivity index (χ0) is 11.9. The number of nitrogens with one attached hydrogen (secondary N) is 1. The second-order valence-electron chi connectivity index (χ2n) is 2.57. The van der Waals surface area contributed by atoms with Gasteiger partial charge in [-0.1, -0.05) is 0 Å². The van der Waals surface area contributed by atoms with Crippen LogP contribution in [0.2, 0.25) is 0 Å². The molecular weight excluding hydrogens is 259 g/mol. The number of hydrogen-bond donors (Lipinski definition) is 1. The Hall–Kier alpha value is -0.0500. The molecule has 0 aromatic heterocycles. The van der Waals surface area contributed by atoms with Crippen LogP contribution in [0.3, 0.4) is 0 Å². The molecular formula is C6H11ClF3NO3S. The molecule has 0 saturated heterocycles. The molecule has 0 aliphatic rings. The van der Waals surface area contributed by atoms with Crippen LogP contribution >= 0.6 is 11.6 Å². The molecule has 0 aromatic rings. The van der Waals surface area contributed by atoms with Crippen molar-refractivity contribution >= 4 is 21.6 Å². The van der Waals surface area contributed by atoms with Gasteiger partial charge >= 0.3 is 6.18 Å². The second-order valence-corrected chi connectivity index (χ2v) is 4.87. The van der Waals surface area contributed by atoms with E-state index in [9.17, 15) is 21.6 Å². The van der Waals surface area contributed by atoms with E-state index in [1.54, 1.807) is 0 Å². The summed E-state index contributed by atoms with van der Waals surface area (Å²) in [6.45, 7) is -1.92. The van der Waals surface area contributed by atoms with Gasteiger partial charge in [-0.05, 0) is 0 Å². The highest BCUT2D eigenvalue weighted by molar-refractivity contribution is 7.89. The molecule has 0 atom stereocenters. The first-order valence-corrected chi connectivity index (χ1v) is 6.13. The van der Waals surface area contributed by atoms with Crippen molar-refractivity contribution in [3.63, 3.8) is 0 Å². The Bertz CT molecular complexity index is 267. The van der Waals surface area contributed by atoms with Gasteiger partial charge in [-0.25, -0.2) is 13.1 Å². The fourth-order valence-electron chi connectivity index (χ4n) is 0.631. The summed E-state index contributed by atoms with van der Waals surface area (Å²) in [5, 5.41) is 0. The number of halogens is 4. The maximum atomic E-state index is 11.6. The van der Waals surface area contributed by atoms with Crippen molar-refractivity contribution in [1.82, 2.24) is 4.72 Å². The van der Waals surface area contributed by atoms with E-state index in [0.29, 0.717) is 0 Å². The molecule has 0 saturated carbocycles. The number of rotatable bonds is 7. The first-order valence-electron chi connectivity index (χ1n) is 3.94. The molecule has 0 amide bonds. The zero-order valence-corrected chi connectivity index (χ0v) is 9.25. The summed E-state index contributed by atoms with van der Waals surface area (Å²) >= 11 is 5.19. The molecule has 92 valence electrons. The van der Waals surface area contributed by atoms with Crippen molar-refractivity contribution in [1.29, 1.82) is 0 Å². The van der Waals surface area contributed by atoms with Crippen LogP contribution in [-0.2, 0) is 14.8 Å². The summed E-state index contributed by atoms with van der Waals surface area (Å²) in [5.41, 5.74) is 0. The van der Waals surface area contributed by atoms with E-state index >= 15 is 0 Å². The Kier molecular flexibility index (Phi) is 6.49. The topological polar surface area (TPSA) is 55.4 Å². The Morgan fingerprint density at radius 1 is 1.33 bits per heavy atom. The minimum absolute atomic E-state index is 0.0707. The Balaban J connectivity index is 3.55. The van der Waals surface area contributed by atoms with Gasteiger partial charge in [-0.3, -0.25) is 0 Å². The number of alkyl halides is 4. The summed E-state index contributed by atoms with van der Waals surface area (Å²) in [5.74, 6) is -0.341. The van der Waals surface area contributed by atoms with Crippen LogP contribution < -0.4 is 4.72 Å². The maximum Gasteiger partial charge on any atom is 0.411 e. The van der Waals surface area contributed by atoms with E-state index in [-0.39, 0.29) is 24.8 Å². The molecule has 0 unspecified atom stereocenters. The molecule has 0 aromatic carbocycles. The van der Waals surface area contributed by atoms with Crippen molar-refractivity contribution < 1.29 is 26.3 Å². The van der Waals surface area contributed by atoms with Crippen LogP contribution in [0.4, 0.5) is 13.2 Å². The van der Waals surface area contributed by atoms with Gasteiger partial charge in [0.2, 0.25) is 10.0 Å².